The smallest absolute Gasteiger partial charge is 0.229 e. The molecule has 0 saturated carbocycles. The molecule has 0 aromatic carbocycles. The van der Waals surface area contributed by atoms with Gasteiger partial charge >= 0.3 is 0 Å². The number of piperidine rings is 1. The molecule has 2 aromatic rings. The van der Waals surface area contributed by atoms with E-state index in [9.17, 15) is 4.79 Å². The van der Waals surface area contributed by atoms with Gasteiger partial charge in [-0.05, 0) is 24.8 Å². The van der Waals surface area contributed by atoms with Crippen LogP contribution in [-0.4, -0.2) is 44.3 Å². The predicted octanol–water partition coefficient (Wildman–Crippen LogP) is 1.92. The Kier molecular flexibility index (Phi) is 4.61. The zero-order valence-corrected chi connectivity index (χ0v) is 14.3. The Hall–Kier alpha value is -1.96. The van der Waals surface area contributed by atoms with Crippen molar-refractivity contribution in [2.45, 2.75) is 44.9 Å². The lowest BCUT2D eigenvalue weighted by atomic mass is 9.93. The standard InChI is InChI=1S/C15H22N6OS/c1-9(2)11-7-12(18-17-11)10-3-5-21(6-4-10)14(22)8-13-19-20-15(16)23-13/h7,9-10H,3-6,8H2,1-2H3,(H2,16,20)(H,17,18). The van der Waals surface area contributed by atoms with Crippen molar-refractivity contribution < 1.29 is 4.79 Å². The van der Waals surface area contributed by atoms with Gasteiger partial charge < -0.3 is 10.6 Å². The third-order valence-corrected chi connectivity index (χ3v) is 5.03. The Morgan fingerprint density at radius 3 is 2.74 bits per heavy atom. The van der Waals surface area contributed by atoms with Crippen LogP contribution >= 0.6 is 11.3 Å². The van der Waals surface area contributed by atoms with Crippen molar-refractivity contribution in [3.8, 4) is 0 Å². The molecule has 2 aromatic heterocycles. The van der Waals surface area contributed by atoms with Gasteiger partial charge in [-0.2, -0.15) is 5.10 Å². The van der Waals surface area contributed by atoms with Gasteiger partial charge in [0.2, 0.25) is 11.0 Å². The topological polar surface area (TPSA) is 101 Å². The van der Waals surface area contributed by atoms with Gasteiger partial charge in [0.1, 0.15) is 5.01 Å². The molecule has 1 amide bonds. The Morgan fingerprint density at radius 2 is 2.17 bits per heavy atom. The number of nitrogens with zero attached hydrogens (tertiary/aromatic N) is 4. The van der Waals surface area contributed by atoms with Crippen LogP contribution < -0.4 is 5.73 Å². The van der Waals surface area contributed by atoms with Crippen LogP contribution in [0.1, 0.15) is 54.9 Å². The van der Waals surface area contributed by atoms with Crippen LogP contribution in [0.4, 0.5) is 5.13 Å². The summed E-state index contributed by atoms with van der Waals surface area (Å²) in [6, 6.07) is 2.16. The summed E-state index contributed by atoms with van der Waals surface area (Å²) in [4.78, 5) is 14.2. The summed E-state index contributed by atoms with van der Waals surface area (Å²) in [5.41, 5.74) is 7.85. The third kappa shape index (κ3) is 3.69. The first-order chi connectivity index (χ1) is 11.0. The lowest BCUT2D eigenvalue weighted by molar-refractivity contribution is -0.131. The molecule has 7 nitrogen and oxygen atoms in total. The first-order valence-electron chi connectivity index (χ1n) is 7.93. The fourth-order valence-electron chi connectivity index (χ4n) is 2.88. The van der Waals surface area contributed by atoms with Gasteiger partial charge in [-0.25, -0.2) is 0 Å². The second kappa shape index (κ2) is 6.66. The summed E-state index contributed by atoms with van der Waals surface area (Å²) in [7, 11) is 0. The minimum atomic E-state index is 0.104. The lowest BCUT2D eigenvalue weighted by Crippen LogP contribution is -2.38. The van der Waals surface area contributed by atoms with Crippen LogP contribution in [-0.2, 0) is 11.2 Å². The summed E-state index contributed by atoms with van der Waals surface area (Å²) >= 11 is 1.28. The molecule has 0 spiro atoms. The number of nitrogens with two attached hydrogens (primary N) is 1. The number of aromatic amines is 1. The van der Waals surface area contributed by atoms with Crippen molar-refractivity contribution in [3.05, 3.63) is 22.5 Å². The molecule has 1 aliphatic heterocycles. The number of H-pyrrole nitrogens is 1. The zero-order chi connectivity index (χ0) is 16.4. The highest BCUT2D eigenvalue weighted by atomic mass is 32.1. The van der Waals surface area contributed by atoms with Crippen LogP contribution in [0.2, 0.25) is 0 Å². The van der Waals surface area contributed by atoms with Crippen molar-refractivity contribution in [1.29, 1.82) is 0 Å². The Balaban J connectivity index is 1.54. The van der Waals surface area contributed by atoms with Crippen LogP contribution in [0.3, 0.4) is 0 Å². The first kappa shape index (κ1) is 15.9. The fraction of sp³-hybridized carbons (Fsp3) is 0.600. The molecule has 0 aliphatic carbocycles. The van der Waals surface area contributed by atoms with Crippen molar-refractivity contribution in [2.75, 3.05) is 18.8 Å². The molecule has 0 unspecified atom stereocenters. The first-order valence-corrected chi connectivity index (χ1v) is 8.75. The molecule has 0 atom stereocenters. The van der Waals surface area contributed by atoms with Crippen LogP contribution in [0.15, 0.2) is 6.07 Å². The van der Waals surface area contributed by atoms with E-state index < -0.39 is 0 Å². The highest BCUT2D eigenvalue weighted by Gasteiger charge is 2.25. The second-order valence-electron chi connectivity index (χ2n) is 6.27. The monoisotopic (exact) mass is 334 g/mol. The molecule has 1 saturated heterocycles. The molecule has 124 valence electrons. The minimum absolute atomic E-state index is 0.104. The van der Waals surface area contributed by atoms with Gasteiger partial charge in [0.05, 0.1) is 12.1 Å². The molecular formula is C15H22N6OS. The Labute approximate surface area is 139 Å². The van der Waals surface area contributed by atoms with Crippen molar-refractivity contribution in [1.82, 2.24) is 25.3 Å². The number of likely N-dealkylation sites (tertiary alicyclic amines) is 1. The highest BCUT2D eigenvalue weighted by molar-refractivity contribution is 7.15. The Morgan fingerprint density at radius 1 is 1.43 bits per heavy atom. The van der Waals surface area contributed by atoms with E-state index in [1.165, 1.54) is 17.0 Å². The molecule has 0 bridgehead atoms. The average Bonchev–Trinajstić information content (AvgIpc) is 3.17. The number of rotatable bonds is 4. The van der Waals surface area contributed by atoms with E-state index in [0.717, 1.165) is 31.6 Å². The number of hydrogen-bond donors (Lipinski definition) is 2. The van der Waals surface area contributed by atoms with E-state index in [1.54, 1.807) is 0 Å². The van der Waals surface area contributed by atoms with Gasteiger partial charge in [-0.1, -0.05) is 25.2 Å². The maximum absolute atomic E-state index is 12.3. The van der Waals surface area contributed by atoms with Gasteiger partial charge in [0.15, 0.2) is 0 Å². The average molecular weight is 334 g/mol. The number of anilines is 1. The van der Waals surface area contributed by atoms with Crippen LogP contribution in [0.5, 0.6) is 0 Å². The number of aromatic nitrogens is 4. The maximum Gasteiger partial charge on any atom is 0.229 e. The van der Waals surface area contributed by atoms with E-state index in [-0.39, 0.29) is 5.91 Å². The van der Waals surface area contributed by atoms with Crippen molar-refractivity contribution >= 4 is 22.4 Å². The van der Waals surface area contributed by atoms with E-state index in [4.69, 9.17) is 5.73 Å². The molecular weight excluding hydrogens is 312 g/mol. The summed E-state index contributed by atoms with van der Waals surface area (Å²) in [6.07, 6.45) is 2.22. The number of hydrogen-bond acceptors (Lipinski definition) is 6. The summed E-state index contributed by atoms with van der Waals surface area (Å²) in [5.74, 6) is 0.990. The van der Waals surface area contributed by atoms with E-state index in [0.29, 0.717) is 28.4 Å². The van der Waals surface area contributed by atoms with Gasteiger partial charge in [0.25, 0.3) is 0 Å². The number of nitrogens with one attached hydrogen (secondary N) is 1. The number of amides is 1. The van der Waals surface area contributed by atoms with Crippen LogP contribution in [0, 0.1) is 0 Å². The van der Waals surface area contributed by atoms with Crippen LogP contribution in [0.25, 0.3) is 0 Å². The molecule has 3 N–H and O–H groups in total. The Bertz CT molecular complexity index is 671. The van der Waals surface area contributed by atoms with Crippen molar-refractivity contribution in [3.63, 3.8) is 0 Å². The van der Waals surface area contributed by atoms with E-state index in [2.05, 4.69) is 40.3 Å². The number of carbonyl (C=O) groups excluding carboxylic acids is 1. The second-order valence-corrected chi connectivity index (χ2v) is 7.36. The summed E-state index contributed by atoms with van der Waals surface area (Å²) in [5, 5.41) is 16.3. The molecule has 23 heavy (non-hydrogen) atoms. The quantitative estimate of drug-likeness (QED) is 0.889. The molecule has 3 rings (SSSR count). The number of nitrogen functional groups attached to an aromatic ring is 1. The molecule has 8 heteroatoms. The van der Waals surface area contributed by atoms with Gasteiger partial charge in [-0.3, -0.25) is 9.89 Å². The predicted molar refractivity (Wildman–Crippen MR) is 89.3 cm³/mol. The van der Waals surface area contributed by atoms with Gasteiger partial charge in [-0.15, -0.1) is 10.2 Å². The lowest BCUT2D eigenvalue weighted by Gasteiger charge is -2.31. The maximum atomic E-state index is 12.3. The van der Waals surface area contributed by atoms with E-state index >= 15 is 0 Å². The molecule has 0 radical (unpaired) electrons. The molecule has 1 aliphatic rings. The largest absolute Gasteiger partial charge is 0.374 e. The van der Waals surface area contributed by atoms with Gasteiger partial charge in [0, 0.05) is 24.7 Å². The third-order valence-electron chi connectivity index (χ3n) is 4.28. The SMILES string of the molecule is CC(C)c1cc(C2CCN(C(=O)Cc3nnc(N)s3)CC2)[nH]n1. The zero-order valence-electron chi connectivity index (χ0n) is 13.5. The minimum Gasteiger partial charge on any atom is -0.374 e. The highest BCUT2D eigenvalue weighted by Crippen LogP contribution is 2.28. The number of carbonyl (C=O) groups is 1. The summed E-state index contributed by atoms with van der Waals surface area (Å²) in [6.45, 7) is 5.82. The van der Waals surface area contributed by atoms with Crippen molar-refractivity contribution in [2.24, 2.45) is 0 Å². The van der Waals surface area contributed by atoms with E-state index in [1.807, 2.05) is 4.90 Å². The molecule has 1 fully saturated rings. The molecule has 3 heterocycles. The fourth-order valence-corrected chi connectivity index (χ4v) is 3.48. The normalized spacial score (nSPS) is 16.2. The summed E-state index contributed by atoms with van der Waals surface area (Å²) < 4.78 is 0.